The summed E-state index contributed by atoms with van der Waals surface area (Å²) in [5.74, 6) is 4.18. The summed E-state index contributed by atoms with van der Waals surface area (Å²) in [5.41, 5.74) is 1.27. The van der Waals surface area contributed by atoms with Crippen LogP contribution in [0.5, 0.6) is 0 Å². The average Bonchev–Trinajstić information content (AvgIpc) is 3.28. The molecule has 4 fully saturated rings. The highest BCUT2D eigenvalue weighted by Gasteiger charge is 2.61. The fourth-order valence-electron chi connectivity index (χ4n) is 10.1. The first kappa shape index (κ1) is 30.6. The van der Waals surface area contributed by atoms with E-state index in [0.717, 1.165) is 43.4 Å². The average molecular weight is 563 g/mol. The van der Waals surface area contributed by atoms with Gasteiger partial charge < -0.3 is 29.9 Å². The maximum Gasteiger partial charge on any atom is 0.186 e. The summed E-state index contributed by atoms with van der Waals surface area (Å²) in [5, 5.41) is 40.8. The number of rotatable bonds is 9. The predicted molar refractivity (Wildman–Crippen MR) is 152 cm³/mol. The van der Waals surface area contributed by atoms with Gasteiger partial charge in [0.1, 0.15) is 24.4 Å². The van der Waals surface area contributed by atoms with Gasteiger partial charge in [-0.3, -0.25) is 4.79 Å². The van der Waals surface area contributed by atoms with Gasteiger partial charge in [-0.1, -0.05) is 52.5 Å². The van der Waals surface area contributed by atoms with Crippen LogP contribution in [0.2, 0.25) is 0 Å². The summed E-state index contributed by atoms with van der Waals surface area (Å²) in [4.78, 5) is 12.5. The van der Waals surface area contributed by atoms with E-state index in [1.165, 1.54) is 44.1 Å². The second kappa shape index (κ2) is 12.0. The van der Waals surface area contributed by atoms with E-state index in [0.29, 0.717) is 36.2 Å². The van der Waals surface area contributed by atoms with Crippen molar-refractivity contribution in [3.63, 3.8) is 0 Å². The lowest BCUT2D eigenvalue weighted by Crippen LogP contribution is -2.60. The Labute approximate surface area is 240 Å². The molecule has 0 radical (unpaired) electrons. The molecule has 3 saturated carbocycles. The Bertz CT molecular complexity index is 932. The second-order valence-electron chi connectivity index (χ2n) is 14.7. The number of carbonyl (C=O) groups is 1. The number of aliphatic hydroxyl groups is 4. The minimum absolute atomic E-state index is 0.189. The monoisotopic (exact) mass is 562 g/mol. The Kier molecular flexibility index (Phi) is 9.22. The number of hydrogen-bond donors (Lipinski definition) is 4. The first-order chi connectivity index (χ1) is 19.0. The SMILES string of the molecule is CC(C)CCC[C@@H](C)[C@H]1CC[C@H]2[C@@H]3CCC4=CC(=O)CC[C@]4(CO[C@@H]4O[C@H](CO)[C@@H](O)[C@H](O)[C@H]4O)[C@H]3CC[C@]12C. The maximum atomic E-state index is 12.5. The van der Waals surface area contributed by atoms with Gasteiger partial charge in [0, 0.05) is 11.8 Å². The minimum atomic E-state index is -1.45. The van der Waals surface area contributed by atoms with E-state index in [1.54, 1.807) is 0 Å². The second-order valence-corrected chi connectivity index (χ2v) is 14.7. The third kappa shape index (κ3) is 5.37. The number of ether oxygens (including phenoxy) is 2. The zero-order chi connectivity index (χ0) is 28.8. The molecule has 4 aliphatic carbocycles. The zero-order valence-electron chi connectivity index (χ0n) is 25.1. The van der Waals surface area contributed by atoms with Crippen molar-refractivity contribution >= 4 is 5.78 Å². The van der Waals surface area contributed by atoms with Crippen molar-refractivity contribution in [1.29, 1.82) is 0 Å². The van der Waals surface area contributed by atoms with Crippen LogP contribution < -0.4 is 0 Å². The summed E-state index contributed by atoms with van der Waals surface area (Å²) in [6.45, 7) is 9.56. The quantitative estimate of drug-likeness (QED) is 0.329. The standard InChI is InChI=1S/C33H54O7/c1-19(2)6-5-7-20(3)24-10-11-25-23-9-8-21-16-22(35)12-15-33(21,26(23)13-14-32(24,25)4)18-39-31-30(38)29(37)28(36)27(17-34)40-31/h16,19-20,23-31,34,36-38H,5-15,17-18H2,1-4H3/t20-,23+,24-,25+,26+,27-,28-,29+,30-,31-,32-,33-/m1/s1. The van der Waals surface area contributed by atoms with E-state index in [2.05, 4.69) is 27.7 Å². The van der Waals surface area contributed by atoms with E-state index in [1.807, 2.05) is 6.08 Å². The first-order valence-electron chi connectivity index (χ1n) is 16.2. The van der Waals surface area contributed by atoms with Crippen LogP contribution >= 0.6 is 0 Å². The summed E-state index contributed by atoms with van der Waals surface area (Å²) in [6, 6.07) is 0. The van der Waals surface area contributed by atoms with Crippen LogP contribution in [0.1, 0.15) is 98.3 Å². The van der Waals surface area contributed by atoms with Crippen molar-refractivity contribution in [2.45, 2.75) is 129 Å². The molecule has 7 nitrogen and oxygen atoms in total. The third-order valence-electron chi connectivity index (χ3n) is 12.2. The van der Waals surface area contributed by atoms with Crippen molar-refractivity contribution in [1.82, 2.24) is 0 Å². The molecule has 0 bridgehead atoms. The third-order valence-corrected chi connectivity index (χ3v) is 12.2. The van der Waals surface area contributed by atoms with Crippen LogP contribution in [0.25, 0.3) is 0 Å². The number of hydrogen-bond acceptors (Lipinski definition) is 7. The molecule has 1 aliphatic heterocycles. The molecule has 12 atom stereocenters. The highest BCUT2D eigenvalue weighted by atomic mass is 16.7. The minimum Gasteiger partial charge on any atom is -0.394 e. The van der Waals surface area contributed by atoms with Crippen LogP contribution in [-0.2, 0) is 14.3 Å². The molecule has 5 aliphatic rings. The van der Waals surface area contributed by atoms with Gasteiger partial charge in [-0.05, 0) is 91.9 Å². The summed E-state index contributed by atoms with van der Waals surface area (Å²) >= 11 is 0. The molecule has 0 unspecified atom stereocenters. The van der Waals surface area contributed by atoms with E-state index < -0.39 is 37.3 Å². The van der Waals surface area contributed by atoms with Gasteiger partial charge in [-0.15, -0.1) is 0 Å². The van der Waals surface area contributed by atoms with Gasteiger partial charge >= 0.3 is 0 Å². The normalized spacial score (nSPS) is 46.0. The molecule has 0 aromatic carbocycles. The molecular formula is C33H54O7. The smallest absolute Gasteiger partial charge is 0.186 e. The van der Waals surface area contributed by atoms with Gasteiger partial charge in [-0.25, -0.2) is 0 Å². The topological polar surface area (TPSA) is 116 Å². The fourth-order valence-corrected chi connectivity index (χ4v) is 10.1. The summed E-state index contributed by atoms with van der Waals surface area (Å²) < 4.78 is 12.0. The van der Waals surface area contributed by atoms with Crippen molar-refractivity contribution < 1.29 is 34.7 Å². The number of ketones is 1. The van der Waals surface area contributed by atoms with E-state index >= 15 is 0 Å². The molecule has 5 rings (SSSR count). The first-order valence-corrected chi connectivity index (χ1v) is 16.2. The lowest BCUT2D eigenvalue weighted by molar-refractivity contribution is -0.308. The Balaban J connectivity index is 1.35. The van der Waals surface area contributed by atoms with Crippen LogP contribution in [0.4, 0.5) is 0 Å². The summed E-state index contributed by atoms with van der Waals surface area (Å²) in [7, 11) is 0. The molecule has 40 heavy (non-hydrogen) atoms. The number of fused-ring (bicyclic) bond motifs is 5. The van der Waals surface area contributed by atoms with E-state index in [4.69, 9.17) is 9.47 Å². The fraction of sp³-hybridized carbons (Fsp3) is 0.909. The Morgan fingerprint density at radius 3 is 2.48 bits per heavy atom. The predicted octanol–water partition coefficient (Wildman–Crippen LogP) is 4.39. The molecule has 0 spiro atoms. The van der Waals surface area contributed by atoms with Crippen molar-refractivity contribution in [2.24, 2.45) is 46.3 Å². The molecule has 1 saturated heterocycles. The molecular weight excluding hydrogens is 508 g/mol. The van der Waals surface area contributed by atoms with E-state index in [9.17, 15) is 25.2 Å². The van der Waals surface area contributed by atoms with Gasteiger partial charge in [0.2, 0.25) is 0 Å². The van der Waals surface area contributed by atoms with E-state index in [-0.39, 0.29) is 11.2 Å². The maximum absolute atomic E-state index is 12.5. The van der Waals surface area contributed by atoms with Crippen molar-refractivity contribution in [2.75, 3.05) is 13.2 Å². The Morgan fingerprint density at radius 1 is 0.975 bits per heavy atom. The molecule has 228 valence electrons. The van der Waals surface area contributed by atoms with Crippen LogP contribution in [-0.4, -0.2) is 70.1 Å². The highest BCUT2D eigenvalue weighted by Crippen LogP contribution is 2.68. The van der Waals surface area contributed by atoms with Crippen molar-refractivity contribution in [3.8, 4) is 0 Å². The molecule has 0 aromatic rings. The lowest BCUT2D eigenvalue weighted by Gasteiger charge is -2.59. The number of carbonyl (C=O) groups excluding carboxylic acids is 1. The lowest BCUT2D eigenvalue weighted by atomic mass is 9.46. The van der Waals surface area contributed by atoms with Crippen molar-refractivity contribution in [3.05, 3.63) is 11.6 Å². The van der Waals surface area contributed by atoms with Gasteiger partial charge in [0.05, 0.1) is 13.2 Å². The number of aliphatic hydroxyl groups excluding tert-OH is 4. The Hall–Kier alpha value is -0.830. The molecule has 0 amide bonds. The Morgan fingerprint density at radius 2 is 1.75 bits per heavy atom. The summed E-state index contributed by atoms with van der Waals surface area (Å²) in [6.07, 6.45) is 7.66. The van der Waals surface area contributed by atoms with Crippen LogP contribution in [0.15, 0.2) is 11.6 Å². The highest BCUT2D eigenvalue weighted by molar-refractivity contribution is 5.91. The molecule has 7 heteroatoms. The van der Waals surface area contributed by atoms with Crippen LogP contribution in [0.3, 0.4) is 0 Å². The largest absolute Gasteiger partial charge is 0.394 e. The van der Waals surface area contributed by atoms with Gasteiger partial charge in [0.15, 0.2) is 12.1 Å². The molecule has 0 aromatic heterocycles. The molecule has 4 N–H and O–H groups in total. The van der Waals surface area contributed by atoms with Gasteiger partial charge in [-0.2, -0.15) is 0 Å². The molecule has 1 heterocycles. The van der Waals surface area contributed by atoms with Gasteiger partial charge in [0.25, 0.3) is 0 Å². The zero-order valence-corrected chi connectivity index (χ0v) is 25.1. The van der Waals surface area contributed by atoms with Crippen LogP contribution in [0, 0.1) is 46.3 Å².